The lowest BCUT2D eigenvalue weighted by Crippen LogP contribution is -1.94. The fourth-order valence-corrected chi connectivity index (χ4v) is 1.23. The number of aromatic nitrogens is 2. The van der Waals surface area contributed by atoms with Crippen LogP contribution in [0, 0.1) is 5.82 Å². The lowest BCUT2D eigenvalue weighted by molar-refractivity contribution is 0.629. The van der Waals surface area contributed by atoms with E-state index in [1.165, 1.54) is 18.5 Å². The fourth-order valence-electron chi connectivity index (χ4n) is 1.23. The van der Waals surface area contributed by atoms with E-state index >= 15 is 0 Å². The lowest BCUT2D eigenvalue weighted by Gasteiger charge is -2.02. The predicted molar refractivity (Wildman–Crippen MR) is 49.0 cm³/mol. The van der Waals surface area contributed by atoms with Crippen LogP contribution in [0.1, 0.15) is 0 Å². The summed E-state index contributed by atoms with van der Waals surface area (Å²) >= 11 is 0. The Morgan fingerprint density at radius 1 is 1.31 bits per heavy atom. The Labute approximate surface area is 74.6 Å². The molecule has 0 saturated carbocycles. The Balaban J connectivity index is 2.77. The summed E-state index contributed by atoms with van der Waals surface area (Å²) in [4.78, 5) is 7.97. The Kier molecular flexibility index (Phi) is 1.81. The van der Waals surface area contributed by atoms with E-state index in [0.717, 1.165) is 5.39 Å². The minimum absolute atomic E-state index is 0.284. The zero-order valence-electron chi connectivity index (χ0n) is 7.08. The summed E-state index contributed by atoms with van der Waals surface area (Å²) in [5, 5.41) is 3.74. The van der Waals surface area contributed by atoms with Gasteiger partial charge in [0.25, 0.3) is 0 Å². The molecule has 0 unspecified atom stereocenters. The Hall–Kier alpha value is -1.71. The molecule has 0 amide bonds. The summed E-state index contributed by atoms with van der Waals surface area (Å²) in [5.41, 5.74) is 0.611. The van der Waals surface area contributed by atoms with Crippen molar-refractivity contribution < 1.29 is 4.39 Å². The largest absolute Gasteiger partial charge is 0.373 e. The molecule has 4 heteroatoms. The van der Waals surface area contributed by atoms with Gasteiger partial charge in [-0.15, -0.1) is 0 Å². The number of anilines is 1. The van der Waals surface area contributed by atoms with Gasteiger partial charge in [-0.05, 0) is 12.1 Å². The molecule has 1 aromatic carbocycles. The first kappa shape index (κ1) is 7.91. The van der Waals surface area contributed by atoms with Gasteiger partial charge < -0.3 is 5.32 Å². The minimum Gasteiger partial charge on any atom is -0.373 e. The van der Waals surface area contributed by atoms with Crippen molar-refractivity contribution in [3.05, 3.63) is 30.3 Å². The van der Waals surface area contributed by atoms with Gasteiger partial charge in [0, 0.05) is 18.5 Å². The monoisotopic (exact) mass is 177 g/mol. The van der Waals surface area contributed by atoms with Crippen LogP contribution in [0.3, 0.4) is 0 Å². The molecular formula is C9H8FN3. The number of rotatable bonds is 1. The van der Waals surface area contributed by atoms with E-state index in [2.05, 4.69) is 15.3 Å². The highest BCUT2D eigenvalue weighted by atomic mass is 19.1. The van der Waals surface area contributed by atoms with Crippen LogP contribution in [-0.4, -0.2) is 17.0 Å². The normalized spacial score (nSPS) is 10.3. The third-order valence-corrected chi connectivity index (χ3v) is 1.84. The zero-order valence-corrected chi connectivity index (χ0v) is 7.08. The van der Waals surface area contributed by atoms with Gasteiger partial charge in [0.2, 0.25) is 0 Å². The Bertz CT molecular complexity index is 442. The first-order valence-corrected chi connectivity index (χ1v) is 3.89. The topological polar surface area (TPSA) is 37.8 Å². The molecule has 0 saturated heterocycles. The average molecular weight is 177 g/mol. The summed E-state index contributed by atoms with van der Waals surface area (Å²) in [7, 11) is 1.77. The van der Waals surface area contributed by atoms with Crippen LogP contribution in [0.2, 0.25) is 0 Å². The average Bonchev–Trinajstić information content (AvgIpc) is 2.16. The van der Waals surface area contributed by atoms with E-state index in [1.807, 2.05) is 0 Å². The molecular weight excluding hydrogens is 169 g/mol. The summed E-state index contributed by atoms with van der Waals surface area (Å²) in [6, 6.07) is 4.45. The number of halogens is 1. The van der Waals surface area contributed by atoms with Gasteiger partial charge in [-0.1, -0.05) is 0 Å². The first-order chi connectivity index (χ1) is 6.31. The minimum atomic E-state index is -0.284. The molecule has 0 fully saturated rings. The zero-order chi connectivity index (χ0) is 9.26. The van der Waals surface area contributed by atoms with E-state index < -0.39 is 0 Å². The van der Waals surface area contributed by atoms with E-state index in [9.17, 15) is 4.39 Å². The van der Waals surface area contributed by atoms with E-state index in [1.54, 1.807) is 13.1 Å². The number of hydrogen-bond acceptors (Lipinski definition) is 3. The molecule has 0 radical (unpaired) electrons. The molecule has 3 nitrogen and oxygen atoms in total. The molecule has 13 heavy (non-hydrogen) atoms. The summed E-state index contributed by atoms with van der Waals surface area (Å²) in [6.07, 6.45) is 1.41. The van der Waals surface area contributed by atoms with Crippen LogP contribution >= 0.6 is 0 Å². The van der Waals surface area contributed by atoms with Gasteiger partial charge in [-0.25, -0.2) is 14.4 Å². The Morgan fingerprint density at radius 3 is 2.92 bits per heavy atom. The lowest BCUT2D eigenvalue weighted by atomic mass is 10.2. The van der Waals surface area contributed by atoms with Gasteiger partial charge in [-0.3, -0.25) is 0 Å². The molecule has 0 aliphatic carbocycles. The van der Waals surface area contributed by atoms with Crippen LogP contribution in [0.25, 0.3) is 10.9 Å². The Morgan fingerprint density at radius 2 is 2.15 bits per heavy atom. The number of fused-ring (bicyclic) bond motifs is 1. The molecule has 0 bridgehead atoms. The van der Waals surface area contributed by atoms with Crippen molar-refractivity contribution in [2.24, 2.45) is 0 Å². The number of benzene rings is 1. The van der Waals surface area contributed by atoms with Gasteiger partial charge >= 0.3 is 0 Å². The van der Waals surface area contributed by atoms with Crippen molar-refractivity contribution in [2.45, 2.75) is 0 Å². The molecule has 2 aromatic rings. The third kappa shape index (κ3) is 1.30. The molecule has 0 aliphatic rings. The maximum Gasteiger partial charge on any atom is 0.137 e. The maximum atomic E-state index is 12.8. The van der Waals surface area contributed by atoms with Crippen LogP contribution in [-0.2, 0) is 0 Å². The summed E-state index contributed by atoms with van der Waals surface area (Å²) in [5.74, 6) is 0.429. The van der Waals surface area contributed by atoms with Crippen molar-refractivity contribution in [2.75, 3.05) is 12.4 Å². The van der Waals surface area contributed by atoms with Crippen LogP contribution in [0.4, 0.5) is 10.2 Å². The first-order valence-electron chi connectivity index (χ1n) is 3.89. The van der Waals surface area contributed by atoms with Crippen LogP contribution in [0.5, 0.6) is 0 Å². The highest BCUT2D eigenvalue weighted by Crippen LogP contribution is 2.18. The van der Waals surface area contributed by atoms with Crippen molar-refractivity contribution >= 4 is 16.7 Å². The van der Waals surface area contributed by atoms with Crippen LogP contribution < -0.4 is 5.32 Å². The van der Waals surface area contributed by atoms with Crippen molar-refractivity contribution in [1.29, 1.82) is 0 Å². The SMILES string of the molecule is CNc1ncnc2cc(F)ccc12. The molecule has 66 valence electrons. The second-order valence-corrected chi connectivity index (χ2v) is 2.63. The molecule has 0 spiro atoms. The second kappa shape index (κ2) is 2.97. The molecule has 0 aliphatic heterocycles. The van der Waals surface area contributed by atoms with E-state index in [0.29, 0.717) is 11.3 Å². The summed E-state index contributed by atoms with van der Waals surface area (Å²) < 4.78 is 12.8. The van der Waals surface area contributed by atoms with Crippen molar-refractivity contribution in [3.63, 3.8) is 0 Å². The van der Waals surface area contributed by atoms with Gasteiger partial charge in [0.15, 0.2) is 0 Å². The number of hydrogen-bond donors (Lipinski definition) is 1. The summed E-state index contributed by atoms with van der Waals surface area (Å²) in [6.45, 7) is 0. The highest BCUT2D eigenvalue weighted by molar-refractivity contribution is 5.88. The van der Waals surface area contributed by atoms with Gasteiger partial charge in [0.05, 0.1) is 5.52 Å². The molecule has 1 heterocycles. The highest BCUT2D eigenvalue weighted by Gasteiger charge is 2.01. The van der Waals surface area contributed by atoms with Crippen LogP contribution in [0.15, 0.2) is 24.5 Å². The second-order valence-electron chi connectivity index (χ2n) is 2.63. The number of nitrogens with one attached hydrogen (secondary N) is 1. The standard InChI is InChI=1S/C9H8FN3/c1-11-9-7-3-2-6(10)4-8(7)12-5-13-9/h2-5H,1H3,(H,11,12,13). The number of nitrogens with zero attached hydrogens (tertiary/aromatic N) is 2. The van der Waals surface area contributed by atoms with E-state index in [-0.39, 0.29) is 5.82 Å². The quantitative estimate of drug-likeness (QED) is 0.721. The molecule has 1 aromatic heterocycles. The molecule has 1 N–H and O–H groups in total. The third-order valence-electron chi connectivity index (χ3n) is 1.84. The maximum absolute atomic E-state index is 12.8. The predicted octanol–water partition coefficient (Wildman–Crippen LogP) is 1.81. The fraction of sp³-hybridized carbons (Fsp3) is 0.111. The van der Waals surface area contributed by atoms with Gasteiger partial charge in [-0.2, -0.15) is 0 Å². The van der Waals surface area contributed by atoms with E-state index in [4.69, 9.17) is 0 Å². The molecule has 2 rings (SSSR count). The molecule has 0 atom stereocenters. The van der Waals surface area contributed by atoms with Gasteiger partial charge in [0.1, 0.15) is 18.0 Å². The van der Waals surface area contributed by atoms with Crippen molar-refractivity contribution in [3.8, 4) is 0 Å². The smallest absolute Gasteiger partial charge is 0.137 e. The van der Waals surface area contributed by atoms with Crippen molar-refractivity contribution in [1.82, 2.24) is 9.97 Å².